The molecule has 0 spiro atoms. The minimum atomic E-state index is -4.01. The molecule has 8 heteroatoms. The number of fused-ring (bicyclic) bond motifs is 1. The third kappa shape index (κ3) is 2.93. The Labute approximate surface area is 132 Å². The van der Waals surface area contributed by atoms with Crippen molar-refractivity contribution in [2.75, 3.05) is 17.6 Å². The number of carboxylic acids is 1. The van der Waals surface area contributed by atoms with Gasteiger partial charge in [0.1, 0.15) is 6.54 Å². The van der Waals surface area contributed by atoms with Gasteiger partial charge in [-0.3, -0.25) is 9.10 Å². The first kappa shape index (κ1) is 15.2. The molecule has 3 rings (SSSR count). The van der Waals surface area contributed by atoms with Crippen molar-refractivity contribution in [3.63, 3.8) is 0 Å². The molecular formula is C15H13NO6S. The SMILES string of the molecule is O=C(O)CN(c1ccc2c(c1)OCO2)S(=O)(=O)c1ccccc1. The van der Waals surface area contributed by atoms with Gasteiger partial charge in [0, 0.05) is 6.07 Å². The van der Waals surface area contributed by atoms with E-state index in [4.69, 9.17) is 14.6 Å². The molecule has 0 atom stereocenters. The Hall–Kier alpha value is -2.74. The number of benzene rings is 2. The summed E-state index contributed by atoms with van der Waals surface area (Å²) in [6, 6.07) is 12.1. The molecule has 0 saturated heterocycles. The van der Waals surface area contributed by atoms with Gasteiger partial charge >= 0.3 is 5.97 Å². The number of aliphatic carboxylic acids is 1. The third-order valence-electron chi connectivity index (χ3n) is 3.25. The van der Waals surface area contributed by atoms with Crippen molar-refractivity contribution in [2.45, 2.75) is 4.90 Å². The summed E-state index contributed by atoms with van der Waals surface area (Å²) in [4.78, 5) is 11.1. The molecule has 1 N–H and O–H groups in total. The first-order valence-corrected chi connectivity index (χ1v) is 8.12. The maximum Gasteiger partial charge on any atom is 0.324 e. The summed E-state index contributed by atoms with van der Waals surface area (Å²) in [6.45, 7) is -0.653. The average Bonchev–Trinajstić information content (AvgIpc) is 3.00. The average molecular weight is 335 g/mol. The smallest absolute Gasteiger partial charge is 0.324 e. The number of anilines is 1. The lowest BCUT2D eigenvalue weighted by molar-refractivity contribution is -0.135. The lowest BCUT2D eigenvalue weighted by Crippen LogP contribution is -2.35. The van der Waals surface area contributed by atoms with Gasteiger partial charge in [0.15, 0.2) is 11.5 Å². The van der Waals surface area contributed by atoms with Crippen LogP contribution in [0, 0.1) is 0 Å². The molecule has 1 aliphatic rings. The van der Waals surface area contributed by atoms with E-state index in [0.717, 1.165) is 4.31 Å². The van der Waals surface area contributed by atoms with Crippen LogP contribution in [0.2, 0.25) is 0 Å². The van der Waals surface area contributed by atoms with Gasteiger partial charge in [-0.05, 0) is 24.3 Å². The second kappa shape index (κ2) is 5.81. The number of carbonyl (C=O) groups is 1. The van der Waals surface area contributed by atoms with Crippen LogP contribution in [0.3, 0.4) is 0 Å². The Morgan fingerprint density at radius 3 is 2.48 bits per heavy atom. The molecule has 23 heavy (non-hydrogen) atoms. The molecule has 1 heterocycles. The number of rotatable bonds is 5. The van der Waals surface area contributed by atoms with E-state index < -0.39 is 22.5 Å². The van der Waals surface area contributed by atoms with Crippen molar-refractivity contribution in [1.29, 1.82) is 0 Å². The van der Waals surface area contributed by atoms with Gasteiger partial charge in [0.25, 0.3) is 10.0 Å². The van der Waals surface area contributed by atoms with Crippen LogP contribution in [0.25, 0.3) is 0 Å². The van der Waals surface area contributed by atoms with E-state index in [1.807, 2.05) is 0 Å². The van der Waals surface area contributed by atoms with Crippen molar-refractivity contribution in [2.24, 2.45) is 0 Å². The van der Waals surface area contributed by atoms with Crippen LogP contribution in [-0.2, 0) is 14.8 Å². The Bertz CT molecular complexity index is 834. The molecule has 0 aliphatic carbocycles. The topological polar surface area (TPSA) is 93.1 Å². The highest BCUT2D eigenvalue weighted by molar-refractivity contribution is 7.92. The zero-order valence-electron chi connectivity index (χ0n) is 11.9. The zero-order valence-corrected chi connectivity index (χ0v) is 12.7. The highest BCUT2D eigenvalue weighted by Crippen LogP contribution is 2.36. The van der Waals surface area contributed by atoms with Crippen LogP contribution in [0.5, 0.6) is 11.5 Å². The molecule has 2 aromatic rings. The predicted molar refractivity (Wildman–Crippen MR) is 81.2 cm³/mol. The van der Waals surface area contributed by atoms with Crippen LogP contribution < -0.4 is 13.8 Å². The van der Waals surface area contributed by atoms with E-state index >= 15 is 0 Å². The molecule has 2 aromatic carbocycles. The van der Waals surface area contributed by atoms with E-state index in [2.05, 4.69) is 0 Å². The van der Waals surface area contributed by atoms with Gasteiger partial charge in [0.2, 0.25) is 6.79 Å². The van der Waals surface area contributed by atoms with E-state index in [-0.39, 0.29) is 17.4 Å². The normalized spacial score (nSPS) is 12.9. The summed E-state index contributed by atoms with van der Waals surface area (Å²) in [5.74, 6) is -0.399. The van der Waals surface area contributed by atoms with Crippen molar-refractivity contribution in [3.8, 4) is 11.5 Å². The zero-order chi connectivity index (χ0) is 16.4. The van der Waals surface area contributed by atoms with Gasteiger partial charge in [-0.15, -0.1) is 0 Å². The van der Waals surface area contributed by atoms with E-state index in [9.17, 15) is 13.2 Å². The summed E-state index contributed by atoms with van der Waals surface area (Å²) < 4.78 is 36.7. The van der Waals surface area contributed by atoms with Crippen LogP contribution >= 0.6 is 0 Å². The standard InChI is InChI=1S/C15H13NO6S/c17-15(18)9-16(23(19,20)12-4-2-1-3-5-12)11-6-7-13-14(8-11)22-10-21-13/h1-8H,9-10H2,(H,17,18). The first-order valence-electron chi connectivity index (χ1n) is 6.68. The molecule has 0 bridgehead atoms. The summed E-state index contributed by atoms with van der Waals surface area (Å²) in [7, 11) is -4.01. The number of sulfonamides is 1. The number of ether oxygens (including phenoxy) is 2. The second-order valence-electron chi connectivity index (χ2n) is 4.76. The monoisotopic (exact) mass is 335 g/mol. The number of hydrogen-bond acceptors (Lipinski definition) is 5. The van der Waals surface area contributed by atoms with Gasteiger partial charge < -0.3 is 14.6 Å². The predicted octanol–water partition coefficient (Wildman–Crippen LogP) is 1.70. The maximum absolute atomic E-state index is 12.8. The number of hydrogen-bond donors (Lipinski definition) is 1. The van der Waals surface area contributed by atoms with Gasteiger partial charge in [-0.2, -0.15) is 0 Å². The van der Waals surface area contributed by atoms with Gasteiger partial charge in [-0.1, -0.05) is 18.2 Å². The Balaban J connectivity index is 2.06. The van der Waals surface area contributed by atoms with E-state index in [1.54, 1.807) is 24.3 Å². The van der Waals surface area contributed by atoms with Crippen molar-refractivity contribution < 1.29 is 27.8 Å². The van der Waals surface area contributed by atoms with Crippen LogP contribution in [-0.4, -0.2) is 32.8 Å². The highest BCUT2D eigenvalue weighted by atomic mass is 32.2. The Kier molecular flexibility index (Phi) is 3.83. The van der Waals surface area contributed by atoms with Crippen LogP contribution in [0.1, 0.15) is 0 Å². The highest BCUT2D eigenvalue weighted by Gasteiger charge is 2.28. The molecule has 0 unspecified atom stereocenters. The van der Waals surface area contributed by atoms with E-state index in [1.165, 1.54) is 24.3 Å². The fraction of sp³-hybridized carbons (Fsp3) is 0.133. The summed E-state index contributed by atoms with van der Waals surface area (Å²) in [5, 5.41) is 9.09. The molecular weight excluding hydrogens is 322 g/mol. The Morgan fingerprint density at radius 1 is 1.09 bits per heavy atom. The molecule has 0 aromatic heterocycles. The number of nitrogens with zero attached hydrogens (tertiary/aromatic N) is 1. The van der Waals surface area contributed by atoms with Crippen LogP contribution in [0.4, 0.5) is 5.69 Å². The third-order valence-corrected chi connectivity index (χ3v) is 5.04. The second-order valence-corrected chi connectivity index (χ2v) is 6.62. The van der Waals surface area contributed by atoms with Crippen molar-refractivity contribution >= 4 is 21.7 Å². The number of carboxylic acid groups (broad SMARTS) is 1. The minimum absolute atomic E-state index is 0.0129. The van der Waals surface area contributed by atoms with Gasteiger partial charge in [0.05, 0.1) is 10.6 Å². The Morgan fingerprint density at radius 2 is 1.78 bits per heavy atom. The summed E-state index contributed by atoms with van der Waals surface area (Å²) in [6.07, 6.45) is 0. The maximum atomic E-state index is 12.8. The lowest BCUT2D eigenvalue weighted by atomic mass is 10.3. The summed E-state index contributed by atoms with van der Waals surface area (Å²) in [5.41, 5.74) is 0.195. The molecule has 120 valence electrons. The van der Waals surface area contributed by atoms with E-state index in [0.29, 0.717) is 11.5 Å². The fourth-order valence-corrected chi connectivity index (χ4v) is 3.63. The lowest BCUT2D eigenvalue weighted by Gasteiger charge is -2.22. The van der Waals surface area contributed by atoms with Crippen molar-refractivity contribution in [3.05, 3.63) is 48.5 Å². The largest absolute Gasteiger partial charge is 0.480 e. The van der Waals surface area contributed by atoms with Crippen molar-refractivity contribution in [1.82, 2.24) is 0 Å². The first-order chi connectivity index (χ1) is 11.0. The van der Waals surface area contributed by atoms with Gasteiger partial charge in [-0.25, -0.2) is 8.42 Å². The fourth-order valence-electron chi connectivity index (χ4n) is 2.20. The summed E-state index contributed by atoms with van der Waals surface area (Å²) >= 11 is 0. The minimum Gasteiger partial charge on any atom is -0.480 e. The molecule has 0 saturated carbocycles. The molecule has 0 fully saturated rings. The molecule has 0 radical (unpaired) electrons. The molecule has 7 nitrogen and oxygen atoms in total. The quantitative estimate of drug-likeness (QED) is 0.894. The molecule has 1 aliphatic heterocycles. The van der Waals surface area contributed by atoms with Crippen LogP contribution in [0.15, 0.2) is 53.4 Å². The molecule has 0 amide bonds.